The van der Waals surface area contributed by atoms with Gasteiger partial charge in [-0.15, -0.1) is 0 Å². The van der Waals surface area contributed by atoms with E-state index in [1.165, 1.54) is 14.0 Å². The SMILES string of the molecule is CNC(=O)C(=O)CCCC[C@H](NC)C(C)=O. The van der Waals surface area contributed by atoms with Gasteiger partial charge in [-0.1, -0.05) is 6.42 Å². The fraction of sp³-hybridized carbons (Fsp3) is 0.727. The zero-order chi connectivity index (χ0) is 12.6. The molecule has 0 bridgehead atoms. The van der Waals surface area contributed by atoms with Gasteiger partial charge in [0.25, 0.3) is 5.91 Å². The van der Waals surface area contributed by atoms with Crippen molar-refractivity contribution in [2.24, 2.45) is 0 Å². The number of hydrogen-bond acceptors (Lipinski definition) is 4. The predicted molar refractivity (Wildman–Crippen MR) is 61.1 cm³/mol. The molecule has 0 aliphatic rings. The predicted octanol–water partition coefficient (Wildman–Crippen LogP) is 0.0389. The molecule has 5 heteroatoms. The fourth-order valence-corrected chi connectivity index (χ4v) is 1.44. The molecule has 0 spiro atoms. The molecular weight excluding hydrogens is 208 g/mol. The summed E-state index contributed by atoms with van der Waals surface area (Å²) in [5.74, 6) is -0.844. The van der Waals surface area contributed by atoms with Gasteiger partial charge in [0, 0.05) is 13.5 Å². The molecule has 0 rings (SSSR count). The van der Waals surface area contributed by atoms with Crippen LogP contribution in [0.25, 0.3) is 0 Å². The molecule has 2 N–H and O–H groups in total. The first-order valence-electron chi connectivity index (χ1n) is 5.45. The van der Waals surface area contributed by atoms with E-state index in [2.05, 4.69) is 10.6 Å². The van der Waals surface area contributed by atoms with E-state index in [0.717, 1.165) is 6.42 Å². The third-order valence-electron chi connectivity index (χ3n) is 2.47. The summed E-state index contributed by atoms with van der Waals surface area (Å²) < 4.78 is 0. The highest BCUT2D eigenvalue weighted by Gasteiger charge is 2.13. The van der Waals surface area contributed by atoms with Crippen LogP contribution < -0.4 is 10.6 Å². The second-order valence-electron chi connectivity index (χ2n) is 3.70. The van der Waals surface area contributed by atoms with Crippen LogP contribution in [0.2, 0.25) is 0 Å². The number of ketones is 2. The van der Waals surface area contributed by atoms with Crippen molar-refractivity contribution in [1.82, 2.24) is 10.6 Å². The van der Waals surface area contributed by atoms with E-state index in [-0.39, 0.29) is 18.2 Å². The molecule has 0 radical (unpaired) electrons. The molecule has 0 saturated heterocycles. The first-order chi connectivity index (χ1) is 7.52. The van der Waals surface area contributed by atoms with Crippen molar-refractivity contribution in [3.8, 4) is 0 Å². The van der Waals surface area contributed by atoms with Crippen LogP contribution >= 0.6 is 0 Å². The average molecular weight is 228 g/mol. The summed E-state index contributed by atoms with van der Waals surface area (Å²) in [6, 6.07) is -0.143. The van der Waals surface area contributed by atoms with Crippen LogP contribution in [0, 0.1) is 0 Å². The lowest BCUT2D eigenvalue weighted by Gasteiger charge is -2.11. The number of likely N-dealkylation sites (N-methyl/N-ethyl adjacent to an activating group) is 2. The van der Waals surface area contributed by atoms with E-state index in [4.69, 9.17) is 0 Å². The summed E-state index contributed by atoms with van der Waals surface area (Å²) in [6.07, 6.45) is 2.34. The zero-order valence-corrected chi connectivity index (χ0v) is 10.1. The number of carbonyl (C=O) groups is 3. The molecule has 0 aromatic rings. The largest absolute Gasteiger partial charge is 0.353 e. The lowest BCUT2D eigenvalue weighted by molar-refractivity contribution is -0.137. The molecule has 0 aliphatic heterocycles. The lowest BCUT2D eigenvalue weighted by atomic mass is 10.0. The molecule has 0 aromatic heterocycles. The number of hydrogen-bond donors (Lipinski definition) is 2. The van der Waals surface area contributed by atoms with Crippen LogP contribution in [0.5, 0.6) is 0 Å². The third kappa shape index (κ3) is 5.60. The topological polar surface area (TPSA) is 75.3 Å². The molecular formula is C11H20N2O3. The van der Waals surface area contributed by atoms with Gasteiger partial charge in [0.05, 0.1) is 6.04 Å². The Morgan fingerprint density at radius 1 is 1.12 bits per heavy atom. The zero-order valence-electron chi connectivity index (χ0n) is 10.1. The van der Waals surface area contributed by atoms with Gasteiger partial charge in [0.15, 0.2) is 0 Å². The minimum atomic E-state index is -0.545. The van der Waals surface area contributed by atoms with Crippen LogP contribution in [0.15, 0.2) is 0 Å². The average Bonchev–Trinajstić information content (AvgIpc) is 2.27. The lowest BCUT2D eigenvalue weighted by Crippen LogP contribution is -2.32. The van der Waals surface area contributed by atoms with Crippen molar-refractivity contribution in [2.75, 3.05) is 14.1 Å². The van der Waals surface area contributed by atoms with E-state index in [9.17, 15) is 14.4 Å². The molecule has 0 aliphatic carbocycles. The minimum Gasteiger partial charge on any atom is -0.353 e. The van der Waals surface area contributed by atoms with E-state index in [0.29, 0.717) is 12.8 Å². The normalized spacial score (nSPS) is 11.9. The highest BCUT2D eigenvalue weighted by molar-refractivity contribution is 6.36. The van der Waals surface area contributed by atoms with Gasteiger partial charge in [0.2, 0.25) is 5.78 Å². The molecule has 0 aromatic carbocycles. The fourth-order valence-electron chi connectivity index (χ4n) is 1.44. The van der Waals surface area contributed by atoms with E-state index < -0.39 is 11.7 Å². The maximum atomic E-state index is 11.1. The first kappa shape index (κ1) is 14.8. The van der Waals surface area contributed by atoms with Crippen molar-refractivity contribution in [2.45, 2.75) is 38.6 Å². The van der Waals surface area contributed by atoms with Crippen LogP contribution in [0.4, 0.5) is 0 Å². The summed E-state index contributed by atoms with van der Waals surface area (Å²) in [5, 5.41) is 5.20. The van der Waals surface area contributed by atoms with Gasteiger partial charge >= 0.3 is 0 Å². The summed E-state index contributed by atoms with van der Waals surface area (Å²) >= 11 is 0. The Morgan fingerprint density at radius 2 is 1.75 bits per heavy atom. The third-order valence-corrected chi connectivity index (χ3v) is 2.47. The first-order valence-corrected chi connectivity index (χ1v) is 5.45. The van der Waals surface area contributed by atoms with Gasteiger partial charge in [0.1, 0.15) is 5.78 Å². The highest BCUT2D eigenvalue weighted by Crippen LogP contribution is 2.05. The Labute approximate surface area is 96.0 Å². The van der Waals surface area contributed by atoms with Gasteiger partial charge in [-0.25, -0.2) is 0 Å². The summed E-state index contributed by atoms with van der Waals surface area (Å²) in [4.78, 5) is 33.1. The minimum absolute atomic E-state index is 0.0973. The smallest absolute Gasteiger partial charge is 0.287 e. The molecule has 0 heterocycles. The van der Waals surface area contributed by atoms with Crippen LogP contribution in [0.3, 0.4) is 0 Å². The second-order valence-corrected chi connectivity index (χ2v) is 3.70. The molecule has 0 saturated carbocycles. The number of rotatable bonds is 8. The quantitative estimate of drug-likeness (QED) is 0.454. The van der Waals surface area contributed by atoms with Crippen molar-refractivity contribution < 1.29 is 14.4 Å². The molecule has 1 amide bonds. The van der Waals surface area contributed by atoms with E-state index in [1.807, 2.05) is 0 Å². The van der Waals surface area contributed by atoms with Crippen LogP contribution in [-0.2, 0) is 14.4 Å². The number of unbranched alkanes of at least 4 members (excludes halogenated alkanes) is 1. The van der Waals surface area contributed by atoms with Crippen molar-refractivity contribution in [3.63, 3.8) is 0 Å². The monoisotopic (exact) mass is 228 g/mol. The number of amides is 1. The van der Waals surface area contributed by atoms with Gasteiger partial charge < -0.3 is 10.6 Å². The summed E-state index contributed by atoms with van der Waals surface area (Å²) in [5.41, 5.74) is 0. The van der Waals surface area contributed by atoms with Crippen LogP contribution in [0.1, 0.15) is 32.6 Å². The van der Waals surface area contributed by atoms with E-state index in [1.54, 1.807) is 7.05 Å². The Balaban J connectivity index is 3.71. The maximum absolute atomic E-state index is 11.1. The molecule has 5 nitrogen and oxygen atoms in total. The summed E-state index contributed by atoms with van der Waals surface area (Å²) in [7, 11) is 3.18. The number of Topliss-reactive ketones (excluding diaryl/α,β-unsaturated/α-hetero) is 2. The molecule has 1 atom stereocenters. The molecule has 0 fully saturated rings. The highest BCUT2D eigenvalue weighted by atomic mass is 16.2. The molecule has 0 unspecified atom stereocenters. The van der Waals surface area contributed by atoms with Crippen molar-refractivity contribution >= 4 is 17.5 Å². The van der Waals surface area contributed by atoms with Gasteiger partial charge in [-0.05, 0) is 26.8 Å². The Bertz CT molecular complexity index is 264. The van der Waals surface area contributed by atoms with E-state index >= 15 is 0 Å². The Hall–Kier alpha value is -1.23. The number of nitrogens with one attached hydrogen (secondary N) is 2. The van der Waals surface area contributed by atoms with Crippen LogP contribution in [-0.4, -0.2) is 37.6 Å². The Morgan fingerprint density at radius 3 is 2.19 bits per heavy atom. The van der Waals surface area contributed by atoms with Gasteiger partial charge in [-0.3, -0.25) is 14.4 Å². The number of carbonyl (C=O) groups excluding carboxylic acids is 3. The van der Waals surface area contributed by atoms with Crippen molar-refractivity contribution in [1.29, 1.82) is 0 Å². The standard InChI is InChI=1S/C11H20N2O3/c1-8(14)9(12-2)6-4-5-7-10(15)11(16)13-3/h9,12H,4-7H2,1-3H3,(H,13,16)/t9-/m0/s1. The summed E-state index contributed by atoms with van der Waals surface area (Å²) in [6.45, 7) is 1.54. The second kappa shape index (κ2) is 7.98. The maximum Gasteiger partial charge on any atom is 0.287 e. The molecule has 16 heavy (non-hydrogen) atoms. The van der Waals surface area contributed by atoms with Gasteiger partial charge in [-0.2, -0.15) is 0 Å². The Kier molecular flexibility index (Phi) is 7.37. The molecule has 92 valence electrons. The van der Waals surface area contributed by atoms with Crippen molar-refractivity contribution in [3.05, 3.63) is 0 Å².